The van der Waals surface area contributed by atoms with E-state index in [9.17, 15) is 0 Å². The minimum Gasteiger partial charge on any atom is -0.337 e. The van der Waals surface area contributed by atoms with Gasteiger partial charge in [0.15, 0.2) is 0 Å². The number of nitrogens with one attached hydrogen (secondary N) is 1. The number of nitriles is 1. The molecule has 1 N–H and O–H groups in total. The molecule has 0 saturated heterocycles. The van der Waals surface area contributed by atoms with Crippen molar-refractivity contribution in [3.63, 3.8) is 0 Å². The van der Waals surface area contributed by atoms with Crippen molar-refractivity contribution < 1.29 is 0 Å². The lowest BCUT2D eigenvalue weighted by atomic mass is 10.2. The van der Waals surface area contributed by atoms with Crippen molar-refractivity contribution in [1.82, 2.24) is 13.7 Å². The molecular weight excluding hydrogens is 317 g/mol. The average molecular weight is 322 g/mol. The smallest absolute Gasteiger partial charge is 0.131 e. The number of aromatic nitrogens is 3. The Morgan fingerprint density at radius 2 is 1.95 bits per heavy atom. The predicted octanol–water partition coefficient (Wildman–Crippen LogP) is 4.01. The molecule has 0 amide bonds. The van der Waals surface area contributed by atoms with Crippen molar-refractivity contribution in [3.8, 4) is 6.07 Å². The first-order valence-electron chi connectivity index (χ1n) is 5.42. The molecule has 5 nitrogen and oxygen atoms in total. The summed E-state index contributed by atoms with van der Waals surface area (Å²) in [5.41, 5.74) is 2.27. The van der Waals surface area contributed by atoms with E-state index in [-0.39, 0.29) is 0 Å². The van der Waals surface area contributed by atoms with Crippen LogP contribution in [-0.2, 0) is 0 Å². The van der Waals surface area contributed by atoms with Crippen molar-refractivity contribution in [2.45, 2.75) is 0 Å². The Hall–Kier alpha value is -1.94. The van der Waals surface area contributed by atoms with Crippen molar-refractivity contribution in [2.24, 2.45) is 0 Å². The van der Waals surface area contributed by atoms with E-state index in [1.807, 2.05) is 6.07 Å². The molecule has 0 aliphatic rings. The van der Waals surface area contributed by atoms with Gasteiger partial charge in [0.1, 0.15) is 22.9 Å². The molecule has 98 valence electrons. The van der Waals surface area contributed by atoms with Crippen LogP contribution >= 0.6 is 34.9 Å². The molecule has 0 unspecified atom stereocenters. The second-order valence-corrected chi connectivity index (χ2v) is 5.19. The lowest BCUT2D eigenvalue weighted by Crippen LogP contribution is -1.96. The standard InChI is InChI=1S/C12H5Cl2N5S/c13-7-3-8(14)11-12(19-20-18-11)10(7)17-9-2-1-6(4-15)5-16-9/h1-3,5H,(H,16,17). The second kappa shape index (κ2) is 5.21. The molecule has 20 heavy (non-hydrogen) atoms. The molecule has 0 fully saturated rings. The Kier molecular flexibility index (Phi) is 3.40. The van der Waals surface area contributed by atoms with Crippen molar-refractivity contribution in [2.75, 3.05) is 5.32 Å². The number of halogens is 2. The van der Waals surface area contributed by atoms with E-state index >= 15 is 0 Å². The SMILES string of the molecule is N#Cc1ccc(Nc2c(Cl)cc(Cl)c3nsnc23)nc1. The molecule has 0 saturated carbocycles. The first-order valence-corrected chi connectivity index (χ1v) is 6.91. The third-order valence-electron chi connectivity index (χ3n) is 2.59. The number of anilines is 2. The summed E-state index contributed by atoms with van der Waals surface area (Å²) in [6.45, 7) is 0. The van der Waals surface area contributed by atoms with Gasteiger partial charge in [-0.05, 0) is 18.2 Å². The van der Waals surface area contributed by atoms with Gasteiger partial charge in [0.2, 0.25) is 0 Å². The Balaban J connectivity index is 2.06. The zero-order valence-electron chi connectivity index (χ0n) is 9.76. The van der Waals surface area contributed by atoms with Gasteiger partial charge >= 0.3 is 0 Å². The number of hydrogen-bond donors (Lipinski definition) is 1. The molecule has 0 spiro atoms. The summed E-state index contributed by atoms with van der Waals surface area (Å²) in [5.74, 6) is 0.558. The van der Waals surface area contributed by atoms with E-state index in [1.54, 1.807) is 18.2 Å². The lowest BCUT2D eigenvalue weighted by Gasteiger charge is -2.08. The minimum absolute atomic E-state index is 0.432. The summed E-state index contributed by atoms with van der Waals surface area (Å²) >= 11 is 13.3. The number of benzene rings is 1. The average Bonchev–Trinajstić information content (AvgIpc) is 2.94. The van der Waals surface area contributed by atoms with Crippen molar-refractivity contribution in [1.29, 1.82) is 5.26 Å². The molecule has 0 bridgehead atoms. The molecule has 0 aliphatic carbocycles. The fraction of sp³-hybridized carbons (Fsp3) is 0. The number of nitrogens with zero attached hydrogens (tertiary/aromatic N) is 4. The van der Waals surface area contributed by atoms with Gasteiger partial charge in [-0.3, -0.25) is 0 Å². The van der Waals surface area contributed by atoms with Gasteiger partial charge in [0.25, 0.3) is 0 Å². The molecule has 2 heterocycles. The van der Waals surface area contributed by atoms with Crippen LogP contribution in [0.5, 0.6) is 0 Å². The maximum atomic E-state index is 8.74. The molecule has 8 heteroatoms. The molecule has 3 aromatic rings. The van der Waals surface area contributed by atoms with Crippen LogP contribution in [0.2, 0.25) is 10.0 Å². The largest absolute Gasteiger partial charge is 0.337 e. The molecular formula is C12H5Cl2N5S. The molecule has 0 radical (unpaired) electrons. The Labute approximate surface area is 128 Å². The summed E-state index contributed by atoms with van der Waals surface area (Å²) in [6.07, 6.45) is 1.47. The summed E-state index contributed by atoms with van der Waals surface area (Å²) < 4.78 is 8.31. The second-order valence-electron chi connectivity index (χ2n) is 3.85. The Morgan fingerprint density at radius 1 is 1.15 bits per heavy atom. The van der Waals surface area contributed by atoms with Gasteiger partial charge in [0, 0.05) is 6.20 Å². The van der Waals surface area contributed by atoms with Crippen LogP contribution in [0.4, 0.5) is 11.5 Å². The van der Waals surface area contributed by atoms with Gasteiger partial charge in [-0.15, -0.1) is 0 Å². The maximum Gasteiger partial charge on any atom is 0.131 e. The highest BCUT2D eigenvalue weighted by Gasteiger charge is 2.14. The van der Waals surface area contributed by atoms with E-state index in [0.29, 0.717) is 38.1 Å². The quantitative estimate of drug-likeness (QED) is 0.771. The van der Waals surface area contributed by atoms with E-state index < -0.39 is 0 Å². The lowest BCUT2D eigenvalue weighted by molar-refractivity contribution is 1.29. The summed E-state index contributed by atoms with van der Waals surface area (Å²) in [7, 11) is 0. The third kappa shape index (κ3) is 2.27. The molecule has 2 aromatic heterocycles. The van der Waals surface area contributed by atoms with Crippen LogP contribution in [0.25, 0.3) is 11.0 Å². The van der Waals surface area contributed by atoms with Crippen LogP contribution in [-0.4, -0.2) is 13.7 Å². The first kappa shape index (κ1) is 13.1. The van der Waals surface area contributed by atoms with Crippen molar-refractivity contribution >= 4 is 57.5 Å². The van der Waals surface area contributed by atoms with Gasteiger partial charge in [-0.2, -0.15) is 14.0 Å². The molecule has 0 aliphatic heterocycles. The number of pyridine rings is 1. The van der Waals surface area contributed by atoms with Gasteiger partial charge in [0.05, 0.1) is 33.0 Å². The molecule has 3 rings (SSSR count). The molecule has 1 aromatic carbocycles. The first-order chi connectivity index (χ1) is 9.69. The van der Waals surface area contributed by atoms with E-state index in [4.69, 9.17) is 28.5 Å². The highest BCUT2D eigenvalue weighted by molar-refractivity contribution is 7.00. The van der Waals surface area contributed by atoms with Gasteiger partial charge in [-0.1, -0.05) is 23.2 Å². The maximum absolute atomic E-state index is 8.74. The van der Waals surface area contributed by atoms with Gasteiger partial charge < -0.3 is 5.32 Å². The monoisotopic (exact) mass is 321 g/mol. The molecule has 0 atom stereocenters. The highest BCUT2D eigenvalue weighted by Crippen LogP contribution is 2.36. The topological polar surface area (TPSA) is 74.5 Å². The number of hydrogen-bond acceptors (Lipinski definition) is 6. The number of rotatable bonds is 2. The van der Waals surface area contributed by atoms with Crippen LogP contribution in [0, 0.1) is 11.3 Å². The van der Waals surface area contributed by atoms with Gasteiger partial charge in [-0.25, -0.2) is 4.98 Å². The van der Waals surface area contributed by atoms with Crippen LogP contribution in [0.1, 0.15) is 5.56 Å². The van der Waals surface area contributed by atoms with Crippen LogP contribution < -0.4 is 5.32 Å². The third-order valence-corrected chi connectivity index (χ3v) is 3.70. The summed E-state index contributed by atoms with van der Waals surface area (Å²) in [4.78, 5) is 4.13. The summed E-state index contributed by atoms with van der Waals surface area (Å²) in [5, 5.41) is 12.7. The highest BCUT2D eigenvalue weighted by atomic mass is 35.5. The normalized spacial score (nSPS) is 10.4. The van der Waals surface area contributed by atoms with E-state index in [2.05, 4.69) is 19.0 Å². The van der Waals surface area contributed by atoms with E-state index in [0.717, 1.165) is 11.7 Å². The summed E-state index contributed by atoms with van der Waals surface area (Å²) in [6, 6.07) is 6.97. The minimum atomic E-state index is 0.432. The van der Waals surface area contributed by atoms with E-state index in [1.165, 1.54) is 6.20 Å². The fourth-order valence-electron chi connectivity index (χ4n) is 1.66. The van der Waals surface area contributed by atoms with Crippen LogP contribution in [0.15, 0.2) is 24.4 Å². The zero-order chi connectivity index (χ0) is 14.1. The fourth-order valence-corrected chi connectivity index (χ4v) is 2.81. The Morgan fingerprint density at radius 3 is 2.65 bits per heavy atom. The van der Waals surface area contributed by atoms with Crippen molar-refractivity contribution in [3.05, 3.63) is 40.0 Å². The number of fused-ring (bicyclic) bond motifs is 1. The predicted molar refractivity (Wildman–Crippen MR) is 79.7 cm³/mol. The Bertz CT molecular complexity index is 822. The zero-order valence-corrected chi connectivity index (χ0v) is 12.1. The van der Waals surface area contributed by atoms with Crippen LogP contribution in [0.3, 0.4) is 0 Å².